The Morgan fingerprint density at radius 3 is 2.60 bits per heavy atom. The third-order valence-electron chi connectivity index (χ3n) is 3.07. The highest BCUT2D eigenvalue weighted by atomic mass is 35.5. The van der Waals surface area contributed by atoms with Crippen molar-refractivity contribution in [2.24, 2.45) is 0 Å². The number of pyridine rings is 1. The van der Waals surface area contributed by atoms with Crippen molar-refractivity contribution >= 4 is 28.8 Å². The molecule has 0 radical (unpaired) electrons. The Hall–Kier alpha value is -1.13. The molecule has 2 rings (SSSR count). The molecule has 0 fully saturated rings. The van der Waals surface area contributed by atoms with E-state index in [9.17, 15) is 0 Å². The highest BCUT2D eigenvalue weighted by Crippen LogP contribution is 2.25. The monoisotopic (exact) mass is 309 g/mol. The summed E-state index contributed by atoms with van der Waals surface area (Å²) in [4.78, 5) is 11.2. The van der Waals surface area contributed by atoms with E-state index in [1.54, 1.807) is 11.3 Å². The van der Waals surface area contributed by atoms with Crippen molar-refractivity contribution in [3.05, 3.63) is 40.0 Å². The molecule has 2 aromatic heterocycles. The smallest absolute Gasteiger partial charge is 0.129 e. The molecule has 2 aromatic rings. The van der Waals surface area contributed by atoms with Gasteiger partial charge in [0.05, 0.1) is 17.7 Å². The zero-order valence-electron chi connectivity index (χ0n) is 12.4. The number of anilines is 1. The molecular formula is C15H20ClN3S. The Bertz CT molecular complexity index is 561. The highest BCUT2D eigenvalue weighted by molar-refractivity contribution is 7.07. The number of nitrogens with zero attached hydrogens (tertiary/aromatic N) is 3. The molecule has 0 aromatic carbocycles. The van der Waals surface area contributed by atoms with Crippen LogP contribution >= 0.6 is 22.9 Å². The number of thiazole rings is 1. The molecule has 0 aliphatic carbocycles. The second-order valence-corrected chi connectivity index (χ2v) is 6.92. The van der Waals surface area contributed by atoms with E-state index in [1.165, 1.54) is 0 Å². The first-order valence-corrected chi connectivity index (χ1v) is 8.03. The minimum absolute atomic E-state index is 0.0122. The first-order valence-electron chi connectivity index (χ1n) is 6.56. The average Bonchev–Trinajstić information content (AvgIpc) is 2.90. The van der Waals surface area contributed by atoms with Crippen molar-refractivity contribution < 1.29 is 0 Å². The molecule has 0 unspecified atom stereocenters. The lowest BCUT2D eigenvalue weighted by atomic mass is 9.91. The zero-order valence-corrected chi connectivity index (χ0v) is 13.9. The van der Waals surface area contributed by atoms with E-state index >= 15 is 0 Å². The minimum Gasteiger partial charge on any atom is -0.354 e. The van der Waals surface area contributed by atoms with Gasteiger partial charge in [-0.25, -0.2) is 9.97 Å². The van der Waals surface area contributed by atoms with E-state index in [0.717, 1.165) is 29.3 Å². The molecule has 108 valence electrons. The van der Waals surface area contributed by atoms with Crippen LogP contribution in [0.4, 0.5) is 5.82 Å². The first kappa shape index (κ1) is 15.3. The molecule has 0 bridgehead atoms. The maximum atomic E-state index is 6.01. The standard InChI is InChI=1S/C15H20ClN3S/c1-15(2,3)13-5-11(7-16)6-14(18-13)19(4)8-12-9-20-10-17-12/h5-6,9-10H,7-8H2,1-4H3. The van der Waals surface area contributed by atoms with E-state index in [-0.39, 0.29) is 5.41 Å². The maximum Gasteiger partial charge on any atom is 0.129 e. The molecule has 0 N–H and O–H groups in total. The summed E-state index contributed by atoms with van der Waals surface area (Å²) in [6.07, 6.45) is 0. The summed E-state index contributed by atoms with van der Waals surface area (Å²) in [5.74, 6) is 1.45. The SMILES string of the molecule is CN(Cc1cscn1)c1cc(CCl)cc(C(C)(C)C)n1. The number of aromatic nitrogens is 2. The largest absolute Gasteiger partial charge is 0.354 e. The van der Waals surface area contributed by atoms with Crippen molar-refractivity contribution in [3.63, 3.8) is 0 Å². The van der Waals surface area contributed by atoms with Crippen molar-refractivity contribution in [3.8, 4) is 0 Å². The molecule has 0 saturated heterocycles. The summed E-state index contributed by atoms with van der Waals surface area (Å²) in [5, 5.41) is 2.06. The Labute approximate surface area is 129 Å². The molecule has 0 aliphatic rings. The Morgan fingerprint density at radius 1 is 1.30 bits per heavy atom. The van der Waals surface area contributed by atoms with Crippen LogP contribution in [0.15, 0.2) is 23.0 Å². The molecular weight excluding hydrogens is 290 g/mol. The molecule has 5 heteroatoms. The van der Waals surface area contributed by atoms with Gasteiger partial charge in [-0.05, 0) is 17.7 Å². The van der Waals surface area contributed by atoms with Gasteiger partial charge in [0.25, 0.3) is 0 Å². The summed E-state index contributed by atoms with van der Waals surface area (Å²) in [7, 11) is 2.03. The fourth-order valence-corrected chi connectivity index (χ4v) is 2.57. The number of rotatable bonds is 4. The predicted octanol–water partition coefficient (Wildman–Crippen LogP) is 4.21. The lowest BCUT2D eigenvalue weighted by molar-refractivity contribution is 0.567. The topological polar surface area (TPSA) is 29.0 Å². The second-order valence-electron chi connectivity index (χ2n) is 5.94. The van der Waals surface area contributed by atoms with E-state index < -0.39 is 0 Å². The highest BCUT2D eigenvalue weighted by Gasteiger charge is 2.18. The summed E-state index contributed by atoms with van der Waals surface area (Å²) in [6.45, 7) is 7.25. The van der Waals surface area contributed by atoms with Gasteiger partial charge in [-0.15, -0.1) is 22.9 Å². The normalized spacial score (nSPS) is 11.7. The Morgan fingerprint density at radius 2 is 2.05 bits per heavy atom. The summed E-state index contributed by atoms with van der Waals surface area (Å²) in [6, 6.07) is 4.14. The van der Waals surface area contributed by atoms with Crippen LogP contribution in [0.5, 0.6) is 0 Å². The van der Waals surface area contributed by atoms with Crippen LogP contribution in [0.1, 0.15) is 37.7 Å². The van der Waals surface area contributed by atoms with Gasteiger partial charge >= 0.3 is 0 Å². The van der Waals surface area contributed by atoms with Crippen molar-refractivity contribution in [2.45, 2.75) is 38.6 Å². The van der Waals surface area contributed by atoms with Gasteiger partial charge in [0.15, 0.2) is 0 Å². The fraction of sp³-hybridized carbons (Fsp3) is 0.467. The lowest BCUT2D eigenvalue weighted by Crippen LogP contribution is -2.21. The molecule has 0 saturated carbocycles. The van der Waals surface area contributed by atoms with E-state index in [2.05, 4.69) is 48.2 Å². The summed E-state index contributed by atoms with van der Waals surface area (Å²) in [5.41, 5.74) is 5.10. The van der Waals surface area contributed by atoms with Gasteiger partial charge in [0.2, 0.25) is 0 Å². The number of hydrogen-bond donors (Lipinski definition) is 0. The van der Waals surface area contributed by atoms with Crippen LogP contribution in [0.3, 0.4) is 0 Å². The van der Waals surface area contributed by atoms with Gasteiger partial charge in [0.1, 0.15) is 5.82 Å². The quantitative estimate of drug-likeness (QED) is 0.792. The second kappa shape index (κ2) is 6.10. The van der Waals surface area contributed by atoms with Crippen molar-refractivity contribution in [2.75, 3.05) is 11.9 Å². The van der Waals surface area contributed by atoms with Crippen molar-refractivity contribution in [1.29, 1.82) is 0 Å². The maximum absolute atomic E-state index is 6.01. The van der Waals surface area contributed by atoms with Crippen molar-refractivity contribution in [1.82, 2.24) is 9.97 Å². The molecule has 0 spiro atoms. The zero-order chi connectivity index (χ0) is 14.8. The van der Waals surface area contributed by atoms with Crippen LogP contribution in [-0.2, 0) is 17.8 Å². The fourth-order valence-electron chi connectivity index (χ4n) is 1.87. The third-order valence-corrected chi connectivity index (χ3v) is 4.01. The number of halogens is 1. The van der Waals surface area contributed by atoms with E-state index in [0.29, 0.717) is 5.88 Å². The molecule has 2 heterocycles. The van der Waals surface area contributed by atoms with Gasteiger partial charge in [0, 0.05) is 29.4 Å². The predicted molar refractivity (Wildman–Crippen MR) is 86.7 cm³/mol. The average molecular weight is 310 g/mol. The van der Waals surface area contributed by atoms with Gasteiger partial charge in [-0.2, -0.15) is 0 Å². The van der Waals surface area contributed by atoms with Gasteiger partial charge in [-0.3, -0.25) is 0 Å². The molecule has 3 nitrogen and oxygen atoms in total. The van der Waals surface area contributed by atoms with Crippen LogP contribution in [0.2, 0.25) is 0 Å². The molecule has 20 heavy (non-hydrogen) atoms. The third kappa shape index (κ3) is 3.70. The Balaban J connectivity index is 2.30. The molecule has 0 amide bonds. The van der Waals surface area contributed by atoms with Crippen LogP contribution in [0.25, 0.3) is 0 Å². The van der Waals surface area contributed by atoms with Crippen LogP contribution in [-0.4, -0.2) is 17.0 Å². The summed E-state index contributed by atoms with van der Waals surface area (Å²) < 4.78 is 0. The lowest BCUT2D eigenvalue weighted by Gasteiger charge is -2.23. The van der Waals surface area contributed by atoms with E-state index in [4.69, 9.17) is 16.6 Å². The first-order chi connectivity index (χ1) is 9.40. The number of alkyl halides is 1. The number of hydrogen-bond acceptors (Lipinski definition) is 4. The van der Waals surface area contributed by atoms with Crippen LogP contribution < -0.4 is 4.90 Å². The van der Waals surface area contributed by atoms with E-state index in [1.807, 2.05) is 12.6 Å². The minimum atomic E-state index is 0.0122. The molecule has 0 aliphatic heterocycles. The summed E-state index contributed by atoms with van der Waals surface area (Å²) >= 11 is 7.62. The molecule has 0 atom stereocenters. The van der Waals surface area contributed by atoms with Gasteiger partial charge in [-0.1, -0.05) is 20.8 Å². The Kier molecular flexibility index (Phi) is 4.66. The van der Waals surface area contributed by atoms with Crippen LogP contribution in [0, 0.1) is 0 Å². The van der Waals surface area contributed by atoms with Gasteiger partial charge < -0.3 is 4.90 Å².